The Kier molecular flexibility index (Phi) is 3.17. The number of hydrogen-bond acceptors (Lipinski definition) is 1. The summed E-state index contributed by atoms with van der Waals surface area (Å²) in [5.41, 5.74) is -0.567. The van der Waals surface area contributed by atoms with Crippen LogP contribution in [0.1, 0.15) is 5.56 Å². The standard InChI is InChI=1S/C12H7ClF3NO/c13-10-6-17-5-9(11(10)18)7-1-3-8(4-2-7)12(14,15)16/h1-6H,(H,17,18). The van der Waals surface area contributed by atoms with Crippen molar-refractivity contribution in [2.45, 2.75) is 6.18 Å². The van der Waals surface area contributed by atoms with E-state index >= 15 is 0 Å². The van der Waals surface area contributed by atoms with E-state index < -0.39 is 17.2 Å². The lowest BCUT2D eigenvalue weighted by atomic mass is 10.1. The topological polar surface area (TPSA) is 32.9 Å². The molecule has 6 heteroatoms. The molecule has 0 saturated heterocycles. The van der Waals surface area contributed by atoms with Gasteiger partial charge in [-0.2, -0.15) is 13.2 Å². The highest BCUT2D eigenvalue weighted by atomic mass is 35.5. The van der Waals surface area contributed by atoms with Crippen molar-refractivity contribution in [3.63, 3.8) is 0 Å². The number of alkyl halides is 3. The molecule has 0 unspecified atom stereocenters. The van der Waals surface area contributed by atoms with Gasteiger partial charge in [0.15, 0.2) is 0 Å². The summed E-state index contributed by atoms with van der Waals surface area (Å²) in [6.07, 6.45) is -1.67. The van der Waals surface area contributed by atoms with Crippen molar-refractivity contribution in [2.75, 3.05) is 0 Å². The fourth-order valence-electron chi connectivity index (χ4n) is 1.51. The van der Waals surface area contributed by atoms with E-state index in [0.717, 1.165) is 12.1 Å². The largest absolute Gasteiger partial charge is 0.416 e. The van der Waals surface area contributed by atoms with Gasteiger partial charge < -0.3 is 4.98 Å². The number of rotatable bonds is 1. The molecule has 94 valence electrons. The van der Waals surface area contributed by atoms with Gasteiger partial charge in [-0.15, -0.1) is 0 Å². The number of aromatic nitrogens is 1. The fraction of sp³-hybridized carbons (Fsp3) is 0.0833. The van der Waals surface area contributed by atoms with Gasteiger partial charge in [-0.05, 0) is 17.7 Å². The van der Waals surface area contributed by atoms with Crippen molar-refractivity contribution in [2.24, 2.45) is 0 Å². The monoisotopic (exact) mass is 273 g/mol. The van der Waals surface area contributed by atoms with E-state index in [9.17, 15) is 18.0 Å². The van der Waals surface area contributed by atoms with Crippen LogP contribution in [-0.2, 0) is 6.18 Å². The highest BCUT2D eigenvalue weighted by Gasteiger charge is 2.30. The highest BCUT2D eigenvalue weighted by molar-refractivity contribution is 6.30. The highest BCUT2D eigenvalue weighted by Crippen LogP contribution is 2.30. The molecule has 0 aliphatic carbocycles. The molecule has 2 aromatic rings. The predicted octanol–water partition coefficient (Wildman–Crippen LogP) is 3.71. The Bertz CT molecular complexity index is 616. The first-order chi connectivity index (χ1) is 8.39. The lowest BCUT2D eigenvalue weighted by Crippen LogP contribution is -2.07. The van der Waals surface area contributed by atoms with Crippen molar-refractivity contribution in [3.05, 3.63) is 57.5 Å². The third kappa shape index (κ3) is 2.41. The van der Waals surface area contributed by atoms with Crippen LogP contribution in [0.4, 0.5) is 13.2 Å². The third-order valence-electron chi connectivity index (χ3n) is 2.42. The number of halogens is 4. The van der Waals surface area contributed by atoms with Crippen LogP contribution in [0.15, 0.2) is 41.5 Å². The first-order valence-corrected chi connectivity index (χ1v) is 5.31. The van der Waals surface area contributed by atoms with E-state index in [-0.39, 0.29) is 10.6 Å². The van der Waals surface area contributed by atoms with Gasteiger partial charge in [-0.1, -0.05) is 23.7 Å². The van der Waals surface area contributed by atoms with Gasteiger partial charge in [-0.3, -0.25) is 4.79 Å². The van der Waals surface area contributed by atoms with Crippen LogP contribution in [0.2, 0.25) is 5.02 Å². The number of aromatic amines is 1. The van der Waals surface area contributed by atoms with Crippen LogP contribution in [-0.4, -0.2) is 4.98 Å². The van der Waals surface area contributed by atoms with Gasteiger partial charge in [0.1, 0.15) is 5.02 Å². The predicted molar refractivity (Wildman–Crippen MR) is 62.5 cm³/mol. The average Bonchev–Trinajstić information content (AvgIpc) is 2.32. The second-order valence-corrected chi connectivity index (χ2v) is 4.03. The number of benzene rings is 1. The maximum Gasteiger partial charge on any atom is 0.416 e. The first-order valence-electron chi connectivity index (χ1n) is 4.94. The van der Waals surface area contributed by atoms with Gasteiger partial charge in [0.05, 0.1) is 5.56 Å². The fourth-order valence-corrected chi connectivity index (χ4v) is 1.68. The van der Waals surface area contributed by atoms with Crippen LogP contribution < -0.4 is 5.43 Å². The molecule has 0 spiro atoms. The molecule has 0 aliphatic rings. The molecule has 0 saturated carbocycles. The van der Waals surface area contributed by atoms with E-state index in [2.05, 4.69) is 4.98 Å². The van der Waals surface area contributed by atoms with Crippen molar-refractivity contribution < 1.29 is 13.2 Å². The molecule has 0 amide bonds. The maximum atomic E-state index is 12.4. The van der Waals surface area contributed by atoms with E-state index in [4.69, 9.17) is 11.6 Å². The summed E-state index contributed by atoms with van der Waals surface area (Å²) in [5, 5.41) is -0.00704. The minimum Gasteiger partial charge on any atom is -0.366 e. The lowest BCUT2D eigenvalue weighted by molar-refractivity contribution is -0.137. The quantitative estimate of drug-likeness (QED) is 0.844. The first kappa shape index (κ1) is 12.7. The minimum atomic E-state index is -4.39. The third-order valence-corrected chi connectivity index (χ3v) is 2.70. The molecule has 0 radical (unpaired) electrons. The Morgan fingerprint density at radius 3 is 2.22 bits per heavy atom. The molecule has 0 fully saturated rings. The van der Waals surface area contributed by atoms with Crippen molar-refractivity contribution in [3.8, 4) is 11.1 Å². The van der Waals surface area contributed by atoms with E-state index in [1.54, 1.807) is 0 Å². The maximum absolute atomic E-state index is 12.4. The van der Waals surface area contributed by atoms with E-state index in [1.807, 2.05) is 0 Å². The second kappa shape index (κ2) is 4.49. The SMILES string of the molecule is O=c1c(Cl)c[nH]cc1-c1ccc(C(F)(F)F)cc1. The molecule has 18 heavy (non-hydrogen) atoms. The molecule has 0 aliphatic heterocycles. The average molecular weight is 274 g/mol. The number of nitrogens with one attached hydrogen (secondary N) is 1. The van der Waals surface area contributed by atoms with Gasteiger partial charge in [0, 0.05) is 18.0 Å². The Morgan fingerprint density at radius 2 is 1.67 bits per heavy atom. The van der Waals surface area contributed by atoms with Crippen molar-refractivity contribution in [1.82, 2.24) is 4.98 Å². The smallest absolute Gasteiger partial charge is 0.366 e. The molecule has 2 nitrogen and oxygen atoms in total. The molecule has 1 aromatic carbocycles. The molecule has 0 bridgehead atoms. The van der Waals surface area contributed by atoms with E-state index in [1.165, 1.54) is 24.5 Å². The van der Waals surface area contributed by atoms with Crippen molar-refractivity contribution >= 4 is 11.6 Å². The number of hydrogen-bond donors (Lipinski definition) is 1. The zero-order valence-electron chi connectivity index (χ0n) is 8.88. The van der Waals surface area contributed by atoms with Crippen molar-refractivity contribution in [1.29, 1.82) is 0 Å². The van der Waals surface area contributed by atoms with Gasteiger partial charge >= 0.3 is 6.18 Å². The van der Waals surface area contributed by atoms with Crippen LogP contribution in [0.3, 0.4) is 0 Å². The Labute approximate surface area is 105 Å². The van der Waals surface area contributed by atoms with Crippen LogP contribution in [0.5, 0.6) is 0 Å². The minimum absolute atomic E-state index is 0.00704. The number of pyridine rings is 1. The van der Waals surface area contributed by atoms with Crippen LogP contribution in [0, 0.1) is 0 Å². The normalized spacial score (nSPS) is 11.6. The Hall–Kier alpha value is -1.75. The van der Waals surface area contributed by atoms with Gasteiger partial charge in [-0.25, -0.2) is 0 Å². The summed E-state index contributed by atoms with van der Waals surface area (Å²) in [4.78, 5) is 14.3. The Morgan fingerprint density at radius 1 is 1.06 bits per heavy atom. The molecule has 1 N–H and O–H groups in total. The molecular weight excluding hydrogens is 267 g/mol. The zero-order valence-corrected chi connectivity index (χ0v) is 9.64. The summed E-state index contributed by atoms with van der Waals surface area (Å²) in [6, 6.07) is 4.33. The lowest BCUT2D eigenvalue weighted by Gasteiger charge is -2.07. The zero-order chi connectivity index (χ0) is 13.3. The molecule has 1 aromatic heterocycles. The summed E-state index contributed by atoms with van der Waals surface area (Å²) < 4.78 is 37.1. The van der Waals surface area contributed by atoms with Crippen LogP contribution in [0.25, 0.3) is 11.1 Å². The summed E-state index contributed by atoms with van der Waals surface area (Å²) in [6.45, 7) is 0. The van der Waals surface area contributed by atoms with Gasteiger partial charge in [0.2, 0.25) is 5.43 Å². The van der Waals surface area contributed by atoms with Crippen LogP contribution >= 0.6 is 11.6 Å². The number of H-pyrrole nitrogens is 1. The molecule has 2 rings (SSSR count). The summed E-state index contributed by atoms with van der Waals surface area (Å²) >= 11 is 5.64. The summed E-state index contributed by atoms with van der Waals surface area (Å²) in [7, 11) is 0. The Balaban J connectivity index is 2.47. The molecular formula is C12H7ClF3NO. The second-order valence-electron chi connectivity index (χ2n) is 3.62. The van der Waals surface area contributed by atoms with Gasteiger partial charge in [0.25, 0.3) is 0 Å². The van der Waals surface area contributed by atoms with E-state index in [0.29, 0.717) is 5.56 Å². The molecule has 1 heterocycles. The molecule has 0 atom stereocenters. The summed E-state index contributed by atoms with van der Waals surface area (Å²) in [5.74, 6) is 0.